The van der Waals surface area contributed by atoms with Crippen LogP contribution in [0.2, 0.25) is 0 Å². The molecule has 0 spiro atoms. The smallest absolute Gasteiger partial charge is 0.132 e. The van der Waals surface area contributed by atoms with E-state index < -0.39 is 0 Å². The third-order valence-corrected chi connectivity index (χ3v) is 3.42. The van der Waals surface area contributed by atoms with Gasteiger partial charge in [-0.15, -0.1) is 11.6 Å². The van der Waals surface area contributed by atoms with Gasteiger partial charge in [-0.1, -0.05) is 20.3 Å². The Labute approximate surface area is 111 Å². The molecule has 0 aromatic carbocycles. The standard InChI is InChI=1S/C12H18BrClN2/c1-4-9(2)8-16(3)12-10(6-14)5-11(13)7-15-12/h5,7,9H,4,6,8H2,1-3H3. The largest absolute Gasteiger partial charge is 0.359 e. The van der Waals surface area contributed by atoms with E-state index in [1.807, 2.05) is 12.3 Å². The molecule has 1 unspecified atom stereocenters. The second-order valence-corrected chi connectivity index (χ2v) is 5.35. The first-order valence-electron chi connectivity index (χ1n) is 5.50. The molecule has 0 aliphatic rings. The van der Waals surface area contributed by atoms with E-state index >= 15 is 0 Å². The zero-order chi connectivity index (χ0) is 12.1. The first-order valence-corrected chi connectivity index (χ1v) is 6.82. The Bertz CT molecular complexity index is 344. The fourth-order valence-electron chi connectivity index (χ4n) is 1.60. The van der Waals surface area contributed by atoms with Crippen LogP contribution in [0.5, 0.6) is 0 Å². The minimum Gasteiger partial charge on any atom is -0.359 e. The maximum atomic E-state index is 5.93. The van der Waals surface area contributed by atoms with Crippen molar-refractivity contribution in [3.8, 4) is 0 Å². The second kappa shape index (κ2) is 6.45. The van der Waals surface area contributed by atoms with E-state index in [9.17, 15) is 0 Å². The van der Waals surface area contributed by atoms with Gasteiger partial charge in [0.25, 0.3) is 0 Å². The average molecular weight is 306 g/mol. The van der Waals surface area contributed by atoms with Crippen LogP contribution in [-0.4, -0.2) is 18.6 Å². The first kappa shape index (κ1) is 13.8. The van der Waals surface area contributed by atoms with E-state index in [-0.39, 0.29) is 0 Å². The summed E-state index contributed by atoms with van der Waals surface area (Å²) in [5, 5.41) is 0. The predicted molar refractivity (Wildman–Crippen MR) is 74.2 cm³/mol. The molecule has 0 bridgehead atoms. The van der Waals surface area contributed by atoms with Crippen molar-refractivity contribution in [3.63, 3.8) is 0 Å². The van der Waals surface area contributed by atoms with Gasteiger partial charge in [0.05, 0.1) is 5.88 Å². The van der Waals surface area contributed by atoms with Crippen LogP contribution in [0.15, 0.2) is 16.7 Å². The fourth-order valence-corrected chi connectivity index (χ4v) is 2.17. The maximum absolute atomic E-state index is 5.93. The monoisotopic (exact) mass is 304 g/mol. The lowest BCUT2D eigenvalue weighted by molar-refractivity contribution is 0.557. The number of aromatic nitrogens is 1. The van der Waals surface area contributed by atoms with Crippen molar-refractivity contribution in [2.45, 2.75) is 26.1 Å². The van der Waals surface area contributed by atoms with Gasteiger partial charge in [-0.3, -0.25) is 0 Å². The van der Waals surface area contributed by atoms with Crippen molar-refractivity contribution in [3.05, 3.63) is 22.3 Å². The summed E-state index contributed by atoms with van der Waals surface area (Å²) in [6, 6.07) is 2.03. The lowest BCUT2D eigenvalue weighted by Crippen LogP contribution is -2.25. The van der Waals surface area contributed by atoms with E-state index in [1.165, 1.54) is 6.42 Å². The zero-order valence-electron chi connectivity index (χ0n) is 10.0. The molecule has 1 aromatic heterocycles. The van der Waals surface area contributed by atoms with Crippen LogP contribution in [-0.2, 0) is 5.88 Å². The Morgan fingerprint density at radius 1 is 1.56 bits per heavy atom. The normalized spacial score (nSPS) is 12.6. The van der Waals surface area contributed by atoms with Gasteiger partial charge in [0.1, 0.15) is 5.82 Å². The molecule has 0 N–H and O–H groups in total. The molecule has 1 atom stereocenters. The number of pyridine rings is 1. The molecule has 1 aromatic rings. The van der Waals surface area contributed by atoms with Crippen molar-refractivity contribution in [2.24, 2.45) is 5.92 Å². The summed E-state index contributed by atoms with van der Waals surface area (Å²) in [5.74, 6) is 2.14. The van der Waals surface area contributed by atoms with E-state index in [0.29, 0.717) is 11.8 Å². The average Bonchev–Trinajstić information content (AvgIpc) is 2.28. The van der Waals surface area contributed by atoms with Crippen molar-refractivity contribution < 1.29 is 0 Å². The molecule has 2 nitrogen and oxygen atoms in total. The summed E-state index contributed by atoms with van der Waals surface area (Å²) < 4.78 is 0.976. The van der Waals surface area contributed by atoms with Crippen molar-refractivity contribution >= 4 is 33.3 Å². The second-order valence-electron chi connectivity index (χ2n) is 4.16. The highest BCUT2D eigenvalue weighted by atomic mass is 79.9. The van der Waals surface area contributed by atoms with E-state index in [1.54, 1.807) is 0 Å². The number of nitrogens with zero attached hydrogens (tertiary/aromatic N) is 2. The summed E-state index contributed by atoms with van der Waals surface area (Å²) in [6.07, 6.45) is 3.00. The van der Waals surface area contributed by atoms with Gasteiger partial charge in [-0.25, -0.2) is 4.98 Å². The van der Waals surface area contributed by atoms with Gasteiger partial charge >= 0.3 is 0 Å². The molecule has 0 aliphatic carbocycles. The quantitative estimate of drug-likeness (QED) is 0.763. The van der Waals surface area contributed by atoms with Gasteiger partial charge in [0, 0.05) is 29.8 Å². The Balaban J connectivity index is 2.85. The van der Waals surface area contributed by atoms with E-state index in [4.69, 9.17) is 11.6 Å². The van der Waals surface area contributed by atoms with Crippen LogP contribution in [0.4, 0.5) is 5.82 Å². The Morgan fingerprint density at radius 3 is 2.81 bits per heavy atom. The van der Waals surface area contributed by atoms with Gasteiger partial charge in [0.15, 0.2) is 0 Å². The van der Waals surface area contributed by atoms with Gasteiger partial charge in [-0.2, -0.15) is 0 Å². The Kier molecular flexibility index (Phi) is 5.56. The van der Waals surface area contributed by atoms with Crippen LogP contribution in [0.1, 0.15) is 25.8 Å². The molecular formula is C12H18BrClN2. The number of alkyl halides is 1. The van der Waals surface area contributed by atoms with Gasteiger partial charge in [-0.05, 0) is 27.9 Å². The molecule has 90 valence electrons. The molecule has 0 saturated heterocycles. The van der Waals surface area contributed by atoms with Crippen LogP contribution in [0, 0.1) is 5.92 Å². The third-order valence-electron chi connectivity index (χ3n) is 2.70. The first-order chi connectivity index (χ1) is 7.58. The number of anilines is 1. The molecule has 1 rings (SSSR count). The maximum Gasteiger partial charge on any atom is 0.132 e. The highest BCUT2D eigenvalue weighted by molar-refractivity contribution is 9.10. The molecule has 0 amide bonds. The third kappa shape index (κ3) is 3.63. The lowest BCUT2D eigenvalue weighted by Gasteiger charge is -2.23. The summed E-state index contributed by atoms with van der Waals surface area (Å²) >= 11 is 9.34. The fraction of sp³-hybridized carbons (Fsp3) is 0.583. The highest BCUT2D eigenvalue weighted by Gasteiger charge is 2.11. The summed E-state index contributed by atoms with van der Waals surface area (Å²) in [4.78, 5) is 6.61. The topological polar surface area (TPSA) is 16.1 Å². The van der Waals surface area contributed by atoms with Crippen molar-refractivity contribution in [2.75, 3.05) is 18.5 Å². The van der Waals surface area contributed by atoms with Crippen LogP contribution in [0.25, 0.3) is 0 Å². The number of rotatable bonds is 5. The molecule has 0 fully saturated rings. The predicted octanol–water partition coefficient (Wildman–Crippen LogP) is 4.07. The highest BCUT2D eigenvalue weighted by Crippen LogP contribution is 2.23. The minimum atomic E-state index is 0.493. The number of halogens is 2. The van der Waals surface area contributed by atoms with E-state index in [0.717, 1.165) is 22.4 Å². The molecule has 0 radical (unpaired) electrons. The lowest BCUT2D eigenvalue weighted by atomic mass is 10.1. The van der Waals surface area contributed by atoms with Crippen molar-refractivity contribution in [1.82, 2.24) is 4.98 Å². The SMILES string of the molecule is CCC(C)CN(C)c1ncc(Br)cc1CCl. The molecule has 0 saturated carbocycles. The Hall–Kier alpha value is -0.280. The summed E-state index contributed by atoms with van der Waals surface area (Å²) in [7, 11) is 2.07. The Morgan fingerprint density at radius 2 is 2.25 bits per heavy atom. The molecule has 0 aliphatic heterocycles. The van der Waals surface area contributed by atoms with Crippen molar-refractivity contribution in [1.29, 1.82) is 0 Å². The van der Waals surface area contributed by atoms with Crippen LogP contribution in [0.3, 0.4) is 0 Å². The van der Waals surface area contributed by atoms with Crippen LogP contribution >= 0.6 is 27.5 Å². The molecule has 16 heavy (non-hydrogen) atoms. The zero-order valence-corrected chi connectivity index (χ0v) is 12.3. The van der Waals surface area contributed by atoms with Gasteiger partial charge in [0.2, 0.25) is 0 Å². The summed E-state index contributed by atoms with van der Waals surface area (Å²) in [6.45, 7) is 5.46. The molecular weight excluding hydrogens is 288 g/mol. The number of hydrogen-bond acceptors (Lipinski definition) is 2. The van der Waals surface area contributed by atoms with E-state index in [2.05, 4.69) is 46.7 Å². The van der Waals surface area contributed by atoms with Crippen LogP contribution < -0.4 is 4.90 Å². The van der Waals surface area contributed by atoms with Gasteiger partial charge < -0.3 is 4.90 Å². The molecule has 1 heterocycles. The molecule has 4 heteroatoms. The number of hydrogen-bond donors (Lipinski definition) is 0. The summed E-state index contributed by atoms with van der Waals surface area (Å²) in [5.41, 5.74) is 1.07. The minimum absolute atomic E-state index is 0.493.